The van der Waals surface area contributed by atoms with Crippen molar-refractivity contribution in [3.63, 3.8) is 0 Å². The average Bonchev–Trinajstić information content (AvgIpc) is 2.42. The summed E-state index contributed by atoms with van der Waals surface area (Å²) in [5, 5.41) is 2.79. The molecular weight excluding hydrogens is 252 g/mol. The van der Waals surface area contributed by atoms with Crippen LogP contribution < -0.4 is 10.9 Å². The van der Waals surface area contributed by atoms with Gasteiger partial charge >= 0.3 is 0 Å². The Morgan fingerprint density at radius 3 is 2.45 bits per heavy atom. The maximum atomic E-state index is 11.9. The minimum absolute atomic E-state index is 0.0194. The van der Waals surface area contributed by atoms with E-state index in [1.165, 1.54) is 16.2 Å². The van der Waals surface area contributed by atoms with Gasteiger partial charge in [0, 0.05) is 18.0 Å². The monoisotopic (exact) mass is 270 g/mol. The van der Waals surface area contributed by atoms with Crippen LogP contribution in [0.5, 0.6) is 0 Å². The van der Waals surface area contributed by atoms with Crippen molar-refractivity contribution in [1.82, 2.24) is 4.57 Å². The fourth-order valence-electron chi connectivity index (χ4n) is 1.90. The SMILES string of the molecule is CC(C)c1ccc(NC(=O)Cn2ccccc2=O)cc1. The van der Waals surface area contributed by atoms with E-state index in [1.807, 2.05) is 24.3 Å². The van der Waals surface area contributed by atoms with Gasteiger partial charge in [0.1, 0.15) is 6.54 Å². The van der Waals surface area contributed by atoms with Crippen LogP contribution in [0.1, 0.15) is 25.3 Å². The Kier molecular flexibility index (Phi) is 4.35. The summed E-state index contributed by atoms with van der Waals surface area (Å²) in [4.78, 5) is 23.4. The molecule has 0 atom stereocenters. The molecule has 0 radical (unpaired) electrons. The van der Waals surface area contributed by atoms with Crippen LogP contribution in [-0.4, -0.2) is 10.5 Å². The molecule has 0 unspecified atom stereocenters. The zero-order valence-electron chi connectivity index (χ0n) is 11.7. The first-order valence-electron chi connectivity index (χ1n) is 6.61. The first-order chi connectivity index (χ1) is 9.56. The Balaban J connectivity index is 2.01. The minimum atomic E-state index is -0.212. The highest BCUT2D eigenvalue weighted by molar-refractivity contribution is 5.90. The van der Waals surface area contributed by atoms with Crippen LogP contribution >= 0.6 is 0 Å². The molecule has 2 aromatic rings. The van der Waals surface area contributed by atoms with Gasteiger partial charge in [-0.3, -0.25) is 9.59 Å². The van der Waals surface area contributed by atoms with E-state index in [0.717, 1.165) is 5.69 Å². The number of nitrogens with zero attached hydrogens (tertiary/aromatic N) is 1. The molecule has 20 heavy (non-hydrogen) atoms. The Labute approximate surface area is 118 Å². The number of carbonyl (C=O) groups is 1. The summed E-state index contributed by atoms with van der Waals surface area (Å²) in [6, 6.07) is 12.6. The van der Waals surface area contributed by atoms with Crippen molar-refractivity contribution in [3.05, 3.63) is 64.6 Å². The van der Waals surface area contributed by atoms with Crippen molar-refractivity contribution in [1.29, 1.82) is 0 Å². The van der Waals surface area contributed by atoms with E-state index >= 15 is 0 Å². The Bertz CT molecular complexity index is 642. The molecule has 0 fully saturated rings. The molecule has 4 nitrogen and oxygen atoms in total. The molecule has 0 aliphatic heterocycles. The highest BCUT2D eigenvalue weighted by Gasteiger charge is 2.05. The van der Waals surface area contributed by atoms with Crippen molar-refractivity contribution in [2.24, 2.45) is 0 Å². The van der Waals surface area contributed by atoms with Crippen molar-refractivity contribution in [2.75, 3.05) is 5.32 Å². The molecule has 2 rings (SSSR count). The number of carbonyl (C=O) groups excluding carboxylic acids is 1. The van der Waals surface area contributed by atoms with Crippen LogP contribution in [0, 0.1) is 0 Å². The molecule has 0 aliphatic carbocycles. The van der Waals surface area contributed by atoms with Crippen molar-refractivity contribution in [2.45, 2.75) is 26.3 Å². The minimum Gasteiger partial charge on any atom is -0.325 e. The van der Waals surface area contributed by atoms with E-state index in [-0.39, 0.29) is 18.0 Å². The third kappa shape index (κ3) is 3.57. The largest absolute Gasteiger partial charge is 0.325 e. The van der Waals surface area contributed by atoms with E-state index in [2.05, 4.69) is 19.2 Å². The van der Waals surface area contributed by atoms with Gasteiger partial charge in [-0.25, -0.2) is 0 Å². The number of benzene rings is 1. The lowest BCUT2D eigenvalue weighted by molar-refractivity contribution is -0.116. The molecule has 1 aromatic carbocycles. The van der Waals surface area contributed by atoms with Gasteiger partial charge < -0.3 is 9.88 Å². The molecular formula is C16H18N2O2. The van der Waals surface area contributed by atoms with Gasteiger partial charge in [-0.2, -0.15) is 0 Å². The molecule has 104 valence electrons. The maximum absolute atomic E-state index is 11.9. The predicted octanol–water partition coefficient (Wildman–Crippen LogP) is 2.61. The van der Waals surface area contributed by atoms with Crippen LogP contribution in [-0.2, 0) is 11.3 Å². The molecule has 0 bridgehead atoms. The number of hydrogen-bond acceptors (Lipinski definition) is 2. The first kappa shape index (κ1) is 14.1. The molecule has 1 amide bonds. The van der Waals surface area contributed by atoms with Crippen molar-refractivity contribution >= 4 is 11.6 Å². The standard InChI is InChI=1S/C16H18N2O2/c1-12(2)13-6-8-14(9-7-13)17-15(19)11-18-10-4-3-5-16(18)20/h3-10,12H,11H2,1-2H3,(H,17,19). The molecule has 1 aromatic heterocycles. The topological polar surface area (TPSA) is 51.1 Å². The summed E-state index contributed by atoms with van der Waals surface area (Å²) in [5.74, 6) is 0.248. The van der Waals surface area contributed by atoms with Crippen LogP contribution in [0.3, 0.4) is 0 Å². The lowest BCUT2D eigenvalue weighted by atomic mass is 10.0. The van der Waals surface area contributed by atoms with E-state index in [0.29, 0.717) is 5.92 Å². The summed E-state index contributed by atoms with van der Waals surface area (Å²) in [6.07, 6.45) is 1.60. The molecule has 1 heterocycles. The zero-order chi connectivity index (χ0) is 14.5. The van der Waals surface area contributed by atoms with Gasteiger partial charge in [-0.1, -0.05) is 32.0 Å². The Morgan fingerprint density at radius 2 is 1.85 bits per heavy atom. The van der Waals surface area contributed by atoms with E-state index < -0.39 is 0 Å². The number of nitrogens with one attached hydrogen (secondary N) is 1. The Morgan fingerprint density at radius 1 is 1.15 bits per heavy atom. The second-order valence-corrected chi connectivity index (χ2v) is 4.99. The van der Waals surface area contributed by atoms with Gasteiger partial charge in [-0.05, 0) is 29.7 Å². The van der Waals surface area contributed by atoms with Crippen molar-refractivity contribution < 1.29 is 4.79 Å². The zero-order valence-corrected chi connectivity index (χ0v) is 11.7. The third-order valence-electron chi connectivity index (χ3n) is 3.07. The van der Waals surface area contributed by atoms with E-state index in [1.54, 1.807) is 18.3 Å². The van der Waals surface area contributed by atoms with Gasteiger partial charge in [0.15, 0.2) is 0 Å². The van der Waals surface area contributed by atoms with Gasteiger partial charge in [0.25, 0.3) is 5.56 Å². The highest BCUT2D eigenvalue weighted by atomic mass is 16.2. The number of hydrogen-bond donors (Lipinski definition) is 1. The number of anilines is 1. The molecule has 4 heteroatoms. The van der Waals surface area contributed by atoms with Crippen LogP contribution in [0.25, 0.3) is 0 Å². The summed E-state index contributed by atoms with van der Waals surface area (Å²) >= 11 is 0. The van der Waals surface area contributed by atoms with Crippen LogP contribution in [0.15, 0.2) is 53.5 Å². The molecule has 0 aliphatic rings. The quantitative estimate of drug-likeness (QED) is 0.928. The fourth-order valence-corrected chi connectivity index (χ4v) is 1.90. The summed E-state index contributed by atoms with van der Waals surface area (Å²) in [7, 11) is 0. The van der Waals surface area contributed by atoms with Gasteiger partial charge in [0.2, 0.25) is 5.91 Å². The molecule has 0 saturated heterocycles. The average molecular weight is 270 g/mol. The lowest BCUT2D eigenvalue weighted by Crippen LogP contribution is -2.26. The maximum Gasteiger partial charge on any atom is 0.250 e. The Hall–Kier alpha value is -2.36. The molecule has 0 saturated carbocycles. The fraction of sp³-hybridized carbons (Fsp3) is 0.250. The second-order valence-electron chi connectivity index (χ2n) is 4.99. The second kappa shape index (κ2) is 6.19. The van der Waals surface area contributed by atoms with Crippen LogP contribution in [0.2, 0.25) is 0 Å². The first-order valence-corrected chi connectivity index (χ1v) is 6.61. The third-order valence-corrected chi connectivity index (χ3v) is 3.07. The summed E-state index contributed by atoms with van der Waals surface area (Å²) in [5.41, 5.74) is 1.78. The van der Waals surface area contributed by atoms with Crippen molar-refractivity contribution in [3.8, 4) is 0 Å². The molecule has 1 N–H and O–H groups in total. The van der Waals surface area contributed by atoms with Gasteiger partial charge in [-0.15, -0.1) is 0 Å². The number of amides is 1. The number of aromatic nitrogens is 1. The summed E-state index contributed by atoms with van der Waals surface area (Å²) in [6.45, 7) is 4.26. The highest BCUT2D eigenvalue weighted by Crippen LogP contribution is 2.17. The van der Waals surface area contributed by atoms with E-state index in [4.69, 9.17) is 0 Å². The van der Waals surface area contributed by atoms with E-state index in [9.17, 15) is 9.59 Å². The van der Waals surface area contributed by atoms with Gasteiger partial charge in [0.05, 0.1) is 0 Å². The normalized spacial score (nSPS) is 10.6. The number of rotatable bonds is 4. The lowest BCUT2D eigenvalue weighted by Gasteiger charge is -2.09. The predicted molar refractivity (Wildman–Crippen MR) is 79.9 cm³/mol. The molecule has 0 spiro atoms. The van der Waals surface area contributed by atoms with Crippen LogP contribution in [0.4, 0.5) is 5.69 Å². The number of pyridine rings is 1. The smallest absolute Gasteiger partial charge is 0.250 e. The summed E-state index contributed by atoms with van der Waals surface area (Å²) < 4.78 is 1.37.